The number of carbonyl (C=O) groups is 1. The van der Waals surface area contributed by atoms with Gasteiger partial charge in [0.2, 0.25) is 0 Å². The van der Waals surface area contributed by atoms with Crippen LogP contribution in [0.2, 0.25) is 0 Å². The summed E-state index contributed by atoms with van der Waals surface area (Å²) >= 11 is 0. The average Bonchev–Trinajstić information content (AvgIpc) is 3.06. The lowest BCUT2D eigenvalue weighted by molar-refractivity contribution is -0.156. The second kappa shape index (κ2) is 8.63. The van der Waals surface area contributed by atoms with Gasteiger partial charge in [-0.1, -0.05) is 63.6 Å². The van der Waals surface area contributed by atoms with Gasteiger partial charge < -0.3 is 9.30 Å². The van der Waals surface area contributed by atoms with Crippen molar-refractivity contribution >= 4 is 17.0 Å². The molecule has 1 saturated carbocycles. The Labute approximate surface area is 179 Å². The number of hydrogen-bond acceptors (Lipinski definition) is 3. The van der Waals surface area contributed by atoms with Gasteiger partial charge in [0.25, 0.3) is 0 Å². The first-order chi connectivity index (χ1) is 14.4. The molecule has 1 unspecified atom stereocenters. The first-order valence-corrected chi connectivity index (χ1v) is 11.1. The van der Waals surface area contributed by atoms with Crippen LogP contribution in [0.1, 0.15) is 45.6 Å². The summed E-state index contributed by atoms with van der Waals surface area (Å²) in [6, 6.07) is 16.2. The van der Waals surface area contributed by atoms with Gasteiger partial charge in [0.1, 0.15) is 18.5 Å². The van der Waals surface area contributed by atoms with Crippen molar-refractivity contribution in [3.63, 3.8) is 0 Å². The number of hydrogen-bond donors (Lipinski definition) is 0. The molecule has 4 nitrogen and oxygen atoms in total. The Balaban J connectivity index is 1.64. The molecule has 0 aliphatic heterocycles. The highest BCUT2D eigenvalue weighted by atomic mass is 16.5. The highest BCUT2D eigenvalue weighted by Crippen LogP contribution is 2.35. The van der Waals surface area contributed by atoms with Crippen molar-refractivity contribution in [2.45, 2.75) is 59.6 Å². The second-order valence-electron chi connectivity index (χ2n) is 9.18. The molecule has 1 aliphatic rings. The molecule has 0 radical (unpaired) electrons. The van der Waals surface area contributed by atoms with Crippen LogP contribution in [0, 0.1) is 24.7 Å². The van der Waals surface area contributed by atoms with E-state index in [-0.39, 0.29) is 18.6 Å². The van der Waals surface area contributed by atoms with Gasteiger partial charge >= 0.3 is 5.97 Å². The van der Waals surface area contributed by atoms with Gasteiger partial charge in [0.05, 0.1) is 11.0 Å². The monoisotopic (exact) mass is 404 g/mol. The van der Waals surface area contributed by atoms with Crippen LogP contribution in [0.4, 0.5) is 0 Å². The van der Waals surface area contributed by atoms with Crippen LogP contribution >= 0.6 is 0 Å². The highest BCUT2D eigenvalue weighted by molar-refractivity contribution is 5.83. The molecule has 1 fully saturated rings. The Bertz CT molecular complexity index is 1040. The number of rotatable bonds is 5. The molecule has 1 heterocycles. The molecule has 4 rings (SSSR count). The van der Waals surface area contributed by atoms with Crippen molar-refractivity contribution in [3.05, 3.63) is 54.1 Å². The number of imidazole rings is 1. The van der Waals surface area contributed by atoms with E-state index in [4.69, 9.17) is 9.72 Å². The predicted octanol–water partition coefficient (Wildman–Crippen LogP) is 6.02. The van der Waals surface area contributed by atoms with Crippen molar-refractivity contribution < 1.29 is 9.53 Å². The van der Waals surface area contributed by atoms with Crippen LogP contribution in [-0.4, -0.2) is 21.6 Å². The fraction of sp³-hybridized carbons (Fsp3) is 0.462. The van der Waals surface area contributed by atoms with Gasteiger partial charge in [-0.05, 0) is 55.2 Å². The molecule has 3 aromatic rings. The zero-order valence-corrected chi connectivity index (χ0v) is 18.5. The lowest BCUT2D eigenvalue weighted by atomic mass is 9.75. The smallest absolute Gasteiger partial charge is 0.326 e. The van der Waals surface area contributed by atoms with Crippen molar-refractivity contribution in [2.75, 3.05) is 0 Å². The van der Waals surface area contributed by atoms with Gasteiger partial charge in [-0.15, -0.1) is 0 Å². The minimum atomic E-state index is -0.169. The number of para-hydroxylation sites is 2. The summed E-state index contributed by atoms with van der Waals surface area (Å²) in [5.74, 6) is 2.23. The van der Waals surface area contributed by atoms with Gasteiger partial charge in [-0.2, -0.15) is 0 Å². The number of aromatic nitrogens is 2. The normalized spacial score (nSPS) is 21.8. The van der Waals surface area contributed by atoms with Crippen LogP contribution in [0.25, 0.3) is 22.4 Å². The maximum atomic E-state index is 13.1. The molecule has 0 saturated heterocycles. The van der Waals surface area contributed by atoms with Crippen molar-refractivity contribution in [2.24, 2.45) is 17.8 Å². The summed E-state index contributed by atoms with van der Waals surface area (Å²) < 4.78 is 8.10. The summed E-state index contributed by atoms with van der Waals surface area (Å²) in [5, 5.41) is 0. The van der Waals surface area contributed by atoms with Crippen LogP contribution in [0.15, 0.2) is 48.5 Å². The largest absolute Gasteiger partial charge is 0.461 e. The summed E-state index contributed by atoms with van der Waals surface area (Å²) in [7, 11) is 0. The quantitative estimate of drug-likeness (QED) is 0.489. The minimum absolute atomic E-state index is 0.0120. The maximum Gasteiger partial charge on any atom is 0.326 e. The predicted molar refractivity (Wildman–Crippen MR) is 121 cm³/mol. The topological polar surface area (TPSA) is 44.1 Å². The minimum Gasteiger partial charge on any atom is -0.461 e. The fourth-order valence-corrected chi connectivity index (χ4v) is 4.85. The van der Waals surface area contributed by atoms with Gasteiger partial charge in [0, 0.05) is 5.56 Å². The second-order valence-corrected chi connectivity index (χ2v) is 9.18. The van der Waals surface area contributed by atoms with E-state index in [2.05, 4.69) is 39.8 Å². The molecule has 1 aliphatic carbocycles. The zero-order valence-electron chi connectivity index (χ0n) is 18.5. The number of benzene rings is 2. The van der Waals surface area contributed by atoms with Gasteiger partial charge in [-0.3, -0.25) is 4.79 Å². The molecular weight excluding hydrogens is 372 g/mol. The summed E-state index contributed by atoms with van der Waals surface area (Å²) in [6.45, 7) is 8.99. The Morgan fingerprint density at radius 1 is 1.13 bits per heavy atom. The number of carbonyl (C=O) groups excluding carboxylic acids is 1. The molecule has 2 aromatic carbocycles. The summed E-state index contributed by atoms with van der Waals surface area (Å²) in [5.41, 5.74) is 4.05. The first-order valence-electron chi connectivity index (χ1n) is 11.1. The molecule has 30 heavy (non-hydrogen) atoms. The Morgan fingerprint density at radius 3 is 2.63 bits per heavy atom. The Morgan fingerprint density at radius 2 is 1.87 bits per heavy atom. The van der Waals surface area contributed by atoms with Gasteiger partial charge in [0.15, 0.2) is 0 Å². The molecule has 0 N–H and O–H groups in total. The van der Waals surface area contributed by atoms with Crippen molar-refractivity contribution in [1.29, 1.82) is 0 Å². The molecule has 0 spiro atoms. The lowest BCUT2D eigenvalue weighted by Crippen LogP contribution is -2.36. The molecule has 0 amide bonds. The Kier molecular flexibility index (Phi) is 5.94. The SMILES string of the molecule is Cc1ccccc1-c1nc2ccccc2n1CC(=O)OC1C[C@H](C)CC[C@H]1C(C)C. The van der Waals surface area contributed by atoms with E-state index in [1.54, 1.807) is 0 Å². The highest BCUT2D eigenvalue weighted by Gasteiger charge is 2.33. The third kappa shape index (κ3) is 4.14. The number of nitrogens with zero attached hydrogens (tertiary/aromatic N) is 2. The van der Waals surface area contributed by atoms with Crippen molar-refractivity contribution in [3.8, 4) is 11.4 Å². The van der Waals surface area contributed by atoms with E-state index in [0.29, 0.717) is 17.8 Å². The van der Waals surface area contributed by atoms with E-state index < -0.39 is 0 Å². The van der Waals surface area contributed by atoms with E-state index in [1.807, 2.05) is 41.0 Å². The molecule has 4 heteroatoms. The number of ether oxygens (including phenoxy) is 1. The van der Waals surface area contributed by atoms with E-state index in [1.165, 1.54) is 6.42 Å². The molecule has 0 bridgehead atoms. The fourth-order valence-electron chi connectivity index (χ4n) is 4.85. The standard InChI is InChI=1S/C26H32N2O2/c1-17(2)20-14-13-18(3)15-24(20)30-25(29)16-28-23-12-8-7-11-22(23)27-26(28)21-10-6-5-9-19(21)4/h5-12,17-18,20,24H,13-16H2,1-4H3/t18-,20+,24?/m1/s1. The van der Waals surface area contributed by atoms with E-state index in [0.717, 1.165) is 40.8 Å². The van der Waals surface area contributed by atoms with Crippen LogP contribution in [0.3, 0.4) is 0 Å². The average molecular weight is 405 g/mol. The van der Waals surface area contributed by atoms with E-state index in [9.17, 15) is 4.79 Å². The van der Waals surface area contributed by atoms with Gasteiger partial charge in [-0.25, -0.2) is 4.98 Å². The third-order valence-corrected chi connectivity index (χ3v) is 6.57. The van der Waals surface area contributed by atoms with Crippen molar-refractivity contribution in [1.82, 2.24) is 9.55 Å². The maximum absolute atomic E-state index is 13.1. The van der Waals surface area contributed by atoms with Crippen LogP contribution < -0.4 is 0 Å². The zero-order chi connectivity index (χ0) is 21.3. The number of aryl methyl sites for hydroxylation is 1. The summed E-state index contributed by atoms with van der Waals surface area (Å²) in [4.78, 5) is 17.9. The molecule has 1 aromatic heterocycles. The molecule has 3 atom stereocenters. The first kappa shape index (κ1) is 20.6. The third-order valence-electron chi connectivity index (χ3n) is 6.57. The van der Waals surface area contributed by atoms with Crippen LogP contribution in [-0.2, 0) is 16.1 Å². The number of esters is 1. The Hall–Kier alpha value is -2.62. The number of fused-ring (bicyclic) bond motifs is 1. The summed E-state index contributed by atoms with van der Waals surface area (Å²) in [6.07, 6.45) is 3.34. The lowest BCUT2D eigenvalue weighted by Gasteiger charge is -2.36. The van der Waals surface area contributed by atoms with Crippen LogP contribution in [0.5, 0.6) is 0 Å². The van der Waals surface area contributed by atoms with E-state index >= 15 is 0 Å². The molecule has 158 valence electrons. The molecular formula is C26H32N2O2.